The fraction of sp³-hybridized carbons (Fsp3) is 0.583. The summed E-state index contributed by atoms with van der Waals surface area (Å²) in [6.45, 7) is 4.01. The summed E-state index contributed by atoms with van der Waals surface area (Å²) in [6.07, 6.45) is 1.67. The predicted octanol–water partition coefficient (Wildman–Crippen LogP) is 1.13. The molecular formula is C12H17NO6S. The Morgan fingerprint density at radius 2 is 2.25 bits per heavy atom. The first-order valence-electron chi connectivity index (χ1n) is 6.21. The maximum Gasteiger partial charge on any atom is 0.371 e. The van der Waals surface area contributed by atoms with Gasteiger partial charge in [0.1, 0.15) is 10.7 Å². The van der Waals surface area contributed by atoms with Gasteiger partial charge in [-0.15, -0.1) is 0 Å². The van der Waals surface area contributed by atoms with Gasteiger partial charge in [0, 0.05) is 19.2 Å². The van der Waals surface area contributed by atoms with E-state index in [4.69, 9.17) is 14.3 Å². The minimum Gasteiger partial charge on any atom is -0.475 e. The average Bonchev–Trinajstić information content (AvgIpc) is 2.94. The van der Waals surface area contributed by atoms with E-state index in [2.05, 4.69) is 4.72 Å². The second-order valence-corrected chi connectivity index (χ2v) is 6.80. The van der Waals surface area contributed by atoms with Crippen LogP contribution in [-0.4, -0.2) is 38.2 Å². The SMILES string of the molecule is Cc1oc(C(=O)O)cc1S(=O)(=O)NCC1(C)CCCO1. The van der Waals surface area contributed by atoms with E-state index < -0.39 is 27.4 Å². The molecule has 1 fully saturated rings. The number of hydrogen-bond acceptors (Lipinski definition) is 5. The van der Waals surface area contributed by atoms with E-state index in [0.29, 0.717) is 6.61 Å². The lowest BCUT2D eigenvalue weighted by Gasteiger charge is -2.23. The van der Waals surface area contributed by atoms with Gasteiger partial charge in [-0.3, -0.25) is 0 Å². The third-order valence-corrected chi connectivity index (χ3v) is 4.82. The van der Waals surface area contributed by atoms with Crippen LogP contribution in [0.4, 0.5) is 0 Å². The Balaban J connectivity index is 2.16. The smallest absolute Gasteiger partial charge is 0.371 e. The summed E-state index contributed by atoms with van der Waals surface area (Å²) in [4.78, 5) is 10.6. The molecule has 1 atom stereocenters. The van der Waals surface area contributed by atoms with Gasteiger partial charge in [0.15, 0.2) is 0 Å². The highest BCUT2D eigenvalue weighted by Gasteiger charge is 2.32. The normalized spacial score (nSPS) is 23.1. The molecule has 0 radical (unpaired) electrons. The lowest BCUT2D eigenvalue weighted by Crippen LogP contribution is -2.40. The minimum absolute atomic E-state index is 0.0485. The lowest BCUT2D eigenvalue weighted by atomic mass is 10.0. The highest BCUT2D eigenvalue weighted by molar-refractivity contribution is 7.89. The first kappa shape index (κ1) is 15.0. The molecule has 2 heterocycles. The molecule has 112 valence electrons. The van der Waals surface area contributed by atoms with Gasteiger partial charge in [-0.2, -0.15) is 0 Å². The monoisotopic (exact) mass is 303 g/mol. The van der Waals surface area contributed by atoms with Crippen molar-refractivity contribution in [2.45, 2.75) is 37.2 Å². The van der Waals surface area contributed by atoms with Crippen molar-refractivity contribution in [1.82, 2.24) is 4.72 Å². The van der Waals surface area contributed by atoms with Crippen molar-refractivity contribution in [3.63, 3.8) is 0 Å². The number of carboxylic acids is 1. The maximum absolute atomic E-state index is 12.2. The Kier molecular flexibility index (Phi) is 3.90. The van der Waals surface area contributed by atoms with Crippen molar-refractivity contribution in [2.75, 3.05) is 13.2 Å². The summed E-state index contributed by atoms with van der Waals surface area (Å²) in [7, 11) is -3.82. The molecule has 0 aliphatic carbocycles. The number of hydrogen-bond donors (Lipinski definition) is 2. The number of carboxylic acid groups (broad SMARTS) is 1. The van der Waals surface area contributed by atoms with Crippen molar-refractivity contribution in [1.29, 1.82) is 0 Å². The fourth-order valence-corrected chi connectivity index (χ4v) is 3.47. The molecule has 2 rings (SSSR count). The lowest BCUT2D eigenvalue weighted by molar-refractivity contribution is 0.0250. The van der Waals surface area contributed by atoms with Crippen molar-refractivity contribution in [2.24, 2.45) is 0 Å². The van der Waals surface area contributed by atoms with Crippen LogP contribution in [0.25, 0.3) is 0 Å². The van der Waals surface area contributed by atoms with Crippen LogP contribution < -0.4 is 4.72 Å². The van der Waals surface area contributed by atoms with Gasteiger partial charge >= 0.3 is 5.97 Å². The number of ether oxygens (including phenoxy) is 1. The second-order valence-electron chi connectivity index (χ2n) is 5.06. The molecule has 20 heavy (non-hydrogen) atoms. The van der Waals surface area contributed by atoms with Gasteiger partial charge in [0.2, 0.25) is 15.8 Å². The molecule has 7 nitrogen and oxygen atoms in total. The van der Waals surface area contributed by atoms with Crippen LogP contribution in [0.1, 0.15) is 36.1 Å². The largest absolute Gasteiger partial charge is 0.475 e. The number of furan rings is 1. The fourth-order valence-electron chi connectivity index (χ4n) is 2.14. The van der Waals surface area contributed by atoms with E-state index in [1.165, 1.54) is 6.92 Å². The van der Waals surface area contributed by atoms with E-state index in [1.807, 2.05) is 6.92 Å². The number of sulfonamides is 1. The van der Waals surface area contributed by atoms with Crippen LogP contribution in [-0.2, 0) is 14.8 Å². The maximum atomic E-state index is 12.2. The zero-order valence-corrected chi connectivity index (χ0v) is 12.1. The summed E-state index contributed by atoms with van der Waals surface area (Å²) >= 11 is 0. The summed E-state index contributed by atoms with van der Waals surface area (Å²) < 4.78 is 37.2. The van der Waals surface area contributed by atoms with Gasteiger partial charge in [0.25, 0.3) is 0 Å². The molecule has 1 aliphatic heterocycles. The van der Waals surface area contributed by atoms with Crippen molar-refractivity contribution >= 4 is 16.0 Å². The molecule has 1 aliphatic rings. The predicted molar refractivity (Wildman–Crippen MR) is 69.2 cm³/mol. The van der Waals surface area contributed by atoms with E-state index >= 15 is 0 Å². The quantitative estimate of drug-likeness (QED) is 0.844. The van der Waals surface area contributed by atoms with Gasteiger partial charge < -0.3 is 14.3 Å². The van der Waals surface area contributed by atoms with Crippen LogP contribution in [0.3, 0.4) is 0 Å². The Morgan fingerprint density at radius 3 is 2.75 bits per heavy atom. The van der Waals surface area contributed by atoms with Crippen molar-refractivity contribution in [3.8, 4) is 0 Å². The van der Waals surface area contributed by atoms with Crippen LogP contribution >= 0.6 is 0 Å². The number of carbonyl (C=O) groups is 1. The van der Waals surface area contributed by atoms with Gasteiger partial charge in [-0.1, -0.05) is 0 Å². The highest BCUT2D eigenvalue weighted by Crippen LogP contribution is 2.25. The van der Waals surface area contributed by atoms with Gasteiger partial charge in [0.05, 0.1) is 5.60 Å². The van der Waals surface area contributed by atoms with Crippen LogP contribution in [0, 0.1) is 6.92 Å². The number of aryl methyl sites for hydroxylation is 1. The molecule has 0 amide bonds. The second kappa shape index (κ2) is 5.19. The first-order valence-corrected chi connectivity index (χ1v) is 7.69. The van der Waals surface area contributed by atoms with E-state index in [-0.39, 0.29) is 17.2 Å². The molecule has 1 unspecified atom stereocenters. The molecule has 1 aromatic rings. The zero-order chi connectivity index (χ0) is 15.0. The molecule has 0 spiro atoms. The third kappa shape index (κ3) is 3.02. The Bertz CT molecular complexity index is 612. The van der Waals surface area contributed by atoms with Gasteiger partial charge in [-0.05, 0) is 26.7 Å². The molecule has 0 bridgehead atoms. The standard InChI is InChI=1S/C12H17NO6S/c1-8-10(6-9(19-8)11(14)15)20(16,17)13-7-12(2)4-3-5-18-12/h6,13H,3-5,7H2,1-2H3,(H,14,15). The average molecular weight is 303 g/mol. The number of rotatable bonds is 5. The third-order valence-electron chi connectivity index (χ3n) is 3.31. The van der Waals surface area contributed by atoms with Gasteiger partial charge in [-0.25, -0.2) is 17.9 Å². The summed E-state index contributed by atoms with van der Waals surface area (Å²) in [5.41, 5.74) is -0.514. The Hall–Kier alpha value is -1.38. The number of nitrogens with one attached hydrogen (secondary N) is 1. The first-order chi connectivity index (χ1) is 9.23. The van der Waals surface area contributed by atoms with Crippen molar-refractivity contribution in [3.05, 3.63) is 17.6 Å². The minimum atomic E-state index is -3.82. The van der Waals surface area contributed by atoms with E-state index in [1.54, 1.807) is 0 Å². The van der Waals surface area contributed by atoms with Crippen molar-refractivity contribution < 1.29 is 27.5 Å². The summed E-state index contributed by atoms with van der Waals surface area (Å²) in [5.74, 6) is -1.65. The van der Waals surface area contributed by atoms with Crippen LogP contribution in [0.5, 0.6) is 0 Å². The van der Waals surface area contributed by atoms with E-state index in [9.17, 15) is 13.2 Å². The Morgan fingerprint density at radius 1 is 1.55 bits per heavy atom. The van der Waals surface area contributed by atoms with Crippen LogP contribution in [0.15, 0.2) is 15.4 Å². The highest BCUT2D eigenvalue weighted by atomic mass is 32.2. The topological polar surface area (TPSA) is 106 Å². The summed E-state index contributed by atoms with van der Waals surface area (Å²) in [6, 6.07) is 1.01. The summed E-state index contributed by atoms with van der Waals surface area (Å²) in [5, 5.41) is 8.80. The zero-order valence-electron chi connectivity index (χ0n) is 11.3. The molecule has 0 aromatic carbocycles. The molecule has 1 saturated heterocycles. The van der Waals surface area contributed by atoms with E-state index in [0.717, 1.165) is 18.9 Å². The number of aromatic carboxylic acids is 1. The molecular weight excluding hydrogens is 286 g/mol. The molecule has 1 aromatic heterocycles. The molecule has 0 saturated carbocycles. The molecule has 2 N–H and O–H groups in total. The molecule has 8 heteroatoms. The van der Waals surface area contributed by atoms with Crippen LogP contribution in [0.2, 0.25) is 0 Å². The Labute approximate surface area is 117 Å².